The monoisotopic (exact) mass is 418 g/mol. The molecular weight excluding hydrogens is 395 g/mol. The summed E-state index contributed by atoms with van der Waals surface area (Å²) in [6.07, 6.45) is 1.92. The topological polar surface area (TPSA) is 68.5 Å². The van der Waals surface area contributed by atoms with E-state index in [2.05, 4.69) is 15.4 Å². The summed E-state index contributed by atoms with van der Waals surface area (Å²) in [5.41, 5.74) is 4.80. The van der Waals surface area contributed by atoms with Gasteiger partial charge in [0.1, 0.15) is 17.1 Å². The zero-order valence-corrected chi connectivity index (χ0v) is 17.6. The highest BCUT2D eigenvalue weighted by molar-refractivity contribution is 5.99. The van der Waals surface area contributed by atoms with E-state index >= 15 is 0 Å². The molecule has 0 atom stereocenters. The summed E-state index contributed by atoms with van der Waals surface area (Å²) in [5.74, 6) is 0.192. The lowest BCUT2D eigenvalue weighted by Crippen LogP contribution is -2.23. The first-order chi connectivity index (χ1) is 15.0. The van der Waals surface area contributed by atoms with Crippen LogP contribution in [0.3, 0.4) is 0 Å². The molecule has 4 aromatic rings. The van der Waals surface area contributed by atoms with Crippen LogP contribution in [0.15, 0.2) is 54.7 Å². The number of aromatic nitrogens is 3. The van der Waals surface area contributed by atoms with Crippen molar-refractivity contribution in [2.75, 3.05) is 7.11 Å². The minimum atomic E-state index is -0.269. The molecule has 0 spiro atoms. The number of nitrogens with zero attached hydrogens (tertiary/aromatic N) is 3. The molecule has 0 aliphatic heterocycles. The van der Waals surface area contributed by atoms with Gasteiger partial charge in [-0.05, 0) is 37.1 Å². The molecule has 1 amide bonds. The molecule has 4 rings (SSSR count). The number of hydrogen-bond acceptors (Lipinski definition) is 4. The molecule has 7 heteroatoms. The molecule has 0 unspecified atom stereocenters. The van der Waals surface area contributed by atoms with Gasteiger partial charge in [-0.25, -0.2) is 13.9 Å². The summed E-state index contributed by atoms with van der Waals surface area (Å²) in [5, 5.41) is 7.28. The van der Waals surface area contributed by atoms with E-state index in [-0.39, 0.29) is 11.7 Å². The van der Waals surface area contributed by atoms with Crippen LogP contribution < -0.4 is 10.1 Å². The number of ether oxygens (including phenoxy) is 1. The number of amides is 1. The molecular formula is C24H23FN4O2. The molecule has 0 aliphatic rings. The number of nitrogens with one attached hydrogen (secondary N) is 1. The third-order valence-corrected chi connectivity index (χ3v) is 5.41. The van der Waals surface area contributed by atoms with Crippen LogP contribution in [0.25, 0.3) is 5.65 Å². The van der Waals surface area contributed by atoms with E-state index in [1.54, 1.807) is 23.8 Å². The van der Waals surface area contributed by atoms with Gasteiger partial charge in [-0.2, -0.15) is 5.10 Å². The number of carbonyl (C=O) groups excluding carboxylic acids is 1. The average molecular weight is 418 g/mol. The predicted octanol–water partition coefficient (Wildman–Crippen LogP) is 4.01. The van der Waals surface area contributed by atoms with E-state index in [1.165, 1.54) is 12.3 Å². The van der Waals surface area contributed by atoms with Crippen molar-refractivity contribution in [1.29, 1.82) is 0 Å². The Bertz CT molecular complexity index is 1270. The summed E-state index contributed by atoms with van der Waals surface area (Å²) < 4.78 is 21.1. The number of methoxy groups -OCH3 is 1. The van der Waals surface area contributed by atoms with Crippen molar-refractivity contribution in [3.63, 3.8) is 0 Å². The summed E-state index contributed by atoms with van der Waals surface area (Å²) in [6, 6.07) is 14.2. The second kappa shape index (κ2) is 8.55. The summed E-state index contributed by atoms with van der Waals surface area (Å²) in [4.78, 5) is 17.5. The van der Waals surface area contributed by atoms with Crippen LogP contribution in [0.4, 0.5) is 4.39 Å². The van der Waals surface area contributed by atoms with Crippen molar-refractivity contribution in [1.82, 2.24) is 19.9 Å². The van der Waals surface area contributed by atoms with Crippen molar-refractivity contribution < 1.29 is 13.9 Å². The smallest absolute Gasteiger partial charge is 0.257 e. The predicted molar refractivity (Wildman–Crippen MR) is 116 cm³/mol. The maximum Gasteiger partial charge on any atom is 0.257 e. The number of benzene rings is 2. The van der Waals surface area contributed by atoms with Crippen LogP contribution in [0.1, 0.15) is 38.4 Å². The van der Waals surface area contributed by atoms with E-state index in [0.29, 0.717) is 35.5 Å². The Balaban J connectivity index is 1.62. The molecule has 0 bridgehead atoms. The van der Waals surface area contributed by atoms with Gasteiger partial charge in [-0.1, -0.05) is 36.4 Å². The Kier molecular flexibility index (Phi) is 5.66. The van der Waals surface area contributed by atoms with E-state index in [1.807, 2.05) is 44.2 Å². The minimum Gasteiger partial charge on any atom is -0.496 e. The van der Waals surface area contributed by atoms with Crippen LogP contribution in [0.2, 0.25) is 0 Å². The molecule has 31 heavy (non-hydrogen) atoms. The van der Waals surface area contributed by atoms with Crippen LogP contribution >= 0.6 is 0 Å². The quantitative estimate of drug-likeness (QED) is 0.514. The molecule has 0 fully saturated rings. The zero-order chi connectivity index (χ0) is 22.0. The first kappa shape index (κ1) is 20.5. The fraction of sp³-hybridized carbons (Fsp3) is 0.208. The minimum absolute atomic E-state index is 0.252. The first-order valence-electron chi connectivity index (χ1n) is 9.97. The van der Waals surface area contributed by atoms with Crippen LogP contribution in [-0.2, 0) is 13.0 Å². The molecule has 2 heterocycles. The normalized spacial score (nSPS) is 11.0. The van der Waals surface area contributed by atoms with Crippen molar-refractivity contribution >= 4 is 11.6 Å². The van der Waals surface area contributed by atoms with Gasteiger partial charge in [-0.15, -0.1) is 0 Å². The summed E-state index contributed by atoms with van der Waals surface area (Å²) in [7, 11) is 1.60. The second-order valence-electron chi connectivity index (χ2n) is 7.32. The third kappa shape index (κ3) is 3.99. The van der Waals surface area contributed by atoms with Crippen molar-refractivity contribution in [2.24, 2.45) is 0 Å². The summed E-state index contributed by atoms with van der Waals surface area (Å²) >= 11 is 0. The molecule has 1 N–H and O–H groups in total. The number of aryl methyl sites for hydroxylation is 2. The number of fused-ring (bicyclic) bond motifs is 1. The fourth-order valence-electron chi connectivity index (χ4n) is 3.68. The molecule has 0 saturated heterocycles. The number of halogens is 1. The van der Waals surface area contributed by atoms with Gasteiger partial charge in [0.25, 0.3) is 5.91 Å². The Morgan fingerprint density at radius 1 is 1.10 bits per heavy atom. The van der Waals surface area contributed by atoms with Gasteiger partial charge in [-0.3, -0.25) is 4.79 Å². The average Bonchev–Trinajstić information content (AvgIpc) is 3.20. The van der Waals surface area contributed by atoms with Crippen molar-refractivity contribution in [3.8, 4) is 5.75 Å². The number of carbonyl (C=O) groups is 1. The first-order valence-corrected chi connectivity index (χ1v) is 9.97. The van der Waals surface area contributed by atoms with Crippen LogP contribution in [0.5, 0.6) is 5.75 Å². The maximum absolute atomic E-state index is 14.1. The third-order valence-electron chi connectivity index (χ3n) is 5.41. The summed E-state index contributed by atoms with van der Waals surface area (Å²) in [6.45, 7) is 4.09. The highest BCUT2D eigenvalue weighted by atomic mass is 19.1. The molecule has 0 aliphatic carbocycles. The van der Waals surface area contributed by atoms with E-state index < -0.39 is 0 Å². The highest BCUT2D eigenvalue weighted by Crippen LogP contribution is 2.22. The lowest BCUT2D eigenvalue weighted by atomic mass is 10.0. The van der Waals surface area contributed by atoms with Gasteiger partial charge in [0.05, 0.1) is 13.3 Å². The van der Waals surface area contributed by atoms with E-state index in [9.17, 15) is 9.18 Å². The van der Waals surface area contributed by atoms with Gasteiger partial charge >= 0.3 is 0 Å². The highest BCUT2D eigenvalue weighted by Gasteiger charge is 2.19. The lowest BCUT2D eigenvalue weighted by Gasteiger charge is -2.12. The Hall–Kier alpha value is -3.74. The van der Waals surface area contributed by atoms with Gasteiger partial charge in [0, 0.05) is 29.9 Å². The van der Waals surface area contributed by atoms with E-state index in [4.69, 9.17) is 4.74 Å². The standard InChI is InChI=1S/C24H23FN4O2/c1-15-19(12-17-8-4-6-10-21(17)25)16(2)29-23(28-15)20(14-27-29)24(30)26-13-18-9-5-7-11-22(18)31-3/h4-11,14H,12-13H2,1-3H3,(H,26,30). The number of para-hydroxylation sites is 1. The molecule has 2 aromatic heterocycles. The molecule has 0 radical (unpaired) electrons. The van der Waals surface area contributed by atoms with Crippen molar-refractivity contribution in [3.05, 3.63) is 94.2 Å². The van der Waals surface area contributed by atoms with Crippen molar-refractivity contribution in [2.45, 2.75) is 26.8 Å². The Labute approximate surface area is 179 Å². The zero-order valence-electron chi connectivity index (χ0n) is 17.6. The van der Waals surface area contributed by atoms with E-state index in [0.717, 1.165) is 22.5 Å². The molecule has 6 nitrogen and oxygen atoms in total. The Morgan fingerprint density at radius 3 is 2.55 bits per heavy atom. The van der Waals surface area contributed by atoms with Gasteiger partial charge < -0.3 is 10.1 Å². The van der Waals surface area contributed by atoms with Crippen LogP contribution in [-0.4, -0.2) is 27.6 Å². The Morgan fingerprint density at radius 2 is 1.81 bits per heavy atom. The maximum atomic E-state index is 14.1. The molecule has 0 saturated carbocycles. The van der Waals surface area contributed by atoms with Crippen LogP contribution in [0, 0.1) is 19.7 Å². The lowest BCUT2D eigenvalue weighted by molar-refractivity contribution is 0.0952. The number of rotatable bonds is 6. The SMILES string of the molecule is COc1ccccc1CNC(=O)c1cnn2c(C)c(Cc3ccccc3F)c(C)nc12. The number of hydrogen-bond donors (Lipinski definition) is 1. The fourth-order valence-corrected chi connectivity index (χ4v) is 3.68. The molecule has 158 valence electrons. The van der Waals surface area contributed by atoms with Gasteiger partial charge in [0.2, 0.25) is 0 Å². The van der Waals surface area contributed by atoms with Gasteiger partial charge in [0.15, 0.2) is 5.65 Å². The largest absolute Gasteiger partial charge is 0.496 e. The second-order valence-corrected chi connectivity index (χ2v) is 7.32. The molecule has 2 aromatic carbocycles.